The first kappa shape index (κ1) is 20.0. The van der Waals surface area contributed by atoms with Crippen LogP contribution >= 0.6 is 41.9 Å². The molecule has 24 heavy (non-hydrogen) atoms. The van der Waals surface area contributed by atoms with Crippen molar-refractivity contribution >= 4 is 65.5 Å². The lowest BCUT2D eigenvalue weighted by atomic mass is 10.2. The molecule has 2 saturated heterocycles. The number of likely N-dealkylation sites (tertiary alicyclic amines) is 2. The highest BCUT2D eigenvalue weighted by Crippen LogP contribution is 2.30. The highest BCUT2D eigenvalue weighted by Gasteiger charge is 2.38. The van der Waals surface area contributed by atoms with Crippen molar-refractivity contribution in [2.45, 2.75) is 49.0 Å². The van der Waals surface area contributed by atoms with Gasteiger partial charge in [0.05, 0.1) is 5.25 Å². The Morgan fingerprint density at radius 1 is 0.875 bits per heavy atom. The molecular weight excluding hydrogens is 463 g/mol. The second-order valence-electron chi connectivity index (χ2n) is 5.89. The standard InChI is InChI=1S/C15H21IN2O4S2/c1-23-10-8-12(19)17(14(10)21)6-4-2-3-5-7-18-13(20)9-11(24-16)15(18)22/h10-11H,2-9H2,1H3. The number of thioether (sulfide) groups is 1. The zero-order chi connectivity index (χ0) is 17.7. The molecule has 0 bridgehead atoms. The molecule has 2 aliphatic heterocycles. The van der Waals surface area contributed by atoms with Gasteiger partial charge in [-0.2, -0.15) is 11.8 Å². The zero-order valence-corrected chi connectivity index (χ0v) is 17.3. The van der Waals surface area contributed by atoms with Crippen molar-refractivity contribution in [2.75, 3.05) is 19.3 Å². The fraction of sp³-hybridized carbons (Fsp3) is 0.733. The maximum absolute atomic E-state index is 12.0. The number of halogens is 1. The van der Waals surface area contributed by atoms with E-state index in [-0.39, 0.29) is 34.1 Å². The Kier molecular flexibility index (Phi) is 7.86. The summed E-state index contributed by atoms with van der Waals surface area (Å²) >= 11 is 3.49. The number of rotatable bonds is 9. The maximum Gasteiger partial charge on any atom is 0.243 e. The van der Waals surface area contributed by atoms with Crippen LogP contribution in [0, 0.1) is 0 Å². The van der Waals surface area contributed by atoms with Crippen LogP contribution in [-0.4, -0.2) is 63.3 Å². The fourth-order valence-corrected chi connectivity index (χ4v) is 5.16. The van der Waals surface area contributed by atoms with Gasteiger partial charge in [0, 0.05) is 25.9 Å². The third-order valence-electron chi connectivity index (χ3n) is 4.31. The molecule has 0 N–H and O–H groups in total. The van der Waals surface area contributed by atoms with Crippen molar-refractivity contribution in [2.24, 2.45) is 0 Å². The minimum atomic E-state index is -0.227. The third kappa shape index (κ3) is 4.66. The first-order valence-corrected chi connectivity index (χ1v) is 12.7. The van der Waals surface area contributed by atoms with E-state index in [1.54, 1.807) is 0 Å². The number of hydrogen-bond donors (Lipinski definition) is 0. The van der Waals surface area contributed by atoms with Crippen molar-refractivity contribution < 1.29 is 19.2 Å². The summed E-state index contributed by atoms with van der Waals surface area (Å²) in [6.07, 6.45) is 5.76. The third-order valence-corrected chi connectivity index (χ3v) is 7.67. The highest BCUT2D eigenvalue weighted by atomic mass is 127. The van der Waals surface area contributed by atoms with Crippen LogP contribution < -0.4 is 0 Å². The average Bonchev–Trinajstić information content (AvgIpc) is 3.00. The Morgan fingerprint density at radius 3 is 1.71 bits per heavy atom. The van der Waals surface area contributed by atoms with Gasteiger partial charge < -0.3 is 0 Å². The summed E-state index contributed by atoms with van der Waals surface area (Å²) in [4.78, 5) is 50.3. The van der Waals surface area contributed by atoms with Crippen LogP contribution in [0.25, 0.3) is 0 Å². The molecule has 0 aliphatic carbocycles. The maximum atomic E-state index is 12.0. The molecule has 0 spiro atoms. The molecule has 0 aromatic carbocycles. The number of carbonyl (C=O) groups excluding carboxylic acids is 4. The molecule has 0 aromatic heterocycles. The summed E-state index contributed by atoms with van der Waals surface area (Å²) < 4.78 is 0. The number of nitrogens with zero attached hydrogens (tertiary/aromatic N) is 2. The van der Waals surface area contributed by atoms with Crippen LogP contribution in [-0.2, 0) is 19.2 Å². The smallest absolute Gasteiger partial charge is 0.243 e. The Labute approximate surface area is 162 Å². The van der Waals surface area contributed by atoms with E-state index in [1.807, 2.05) is 6.26 Å². The van der Waals surface area contributed by atoms with Gasteiger partial charge in [0.2, 0.25) is 23.6 Å². The quantitative estimate of drug-likeness (QED) is 0.284. The van der Waals surface area contributed by atoms with Crippen molar-refractivity contribution in [3.63, 3.8) is 0 Å². The van der Waals surface area contributed by atoms with Gasteiger partial charge in [0.15, 0.2) is 0 Å². The number of imide groups is 2. The minimum absolute atomic E-state index is 0.0666. The second kappa shape index (κ2) is 9.42. The summed E-state index contributed by atoms with van der Waals surface area (Å²) in [5.74, 6) is -0.292. The number of hydrogen-bond acceptors (Lipinski definition) is 6. The lowest BCUT2D eigenvalue weighted by Crippen LogP contribution is -2.32. The van der Waals surface area contributed by atoms with Crippen LogP contribution in [0.4, 0.5) is 0 Å². The summed E-state index contributed by atoms with van der Waals surface area (Å²) in [7, 11) is 1.40. The fourth-order valence-electron chi connectivity index (χ4n) is 2.92. The van der Waals surface area contributed by atoms with Crippen LogP contribution in [0.5, 0.6) is 0 Å². The van der Waals surface area contributed by atoms with Crippen molar-refractivity contribution in [1.29, 1.82) is 0 Å². The molecule has 2 fully saturated rings. The molecule has 134 valence electrons. The van der Waals surface area contributed by atoms with Gasteiger partial charge >= 0.3 is 0 Å². The van der Waals surface area contributed by atoms with Crippen LogP contribution in [0.15, 0.2) is 0 Å². The molecule has 2 unspecified atom stereocenters. The van der Waals surface area contributed by atoms with E-state index < -0.39 is 0 Å². The topological polar surface area (TPSA) is 74.8 Å². The van der Waals surface area contributed by atoms with E-state index in [9.17, 15) is 19.2 Å². The monoisotopic (exact) mass is 484 g/mol. The van der Waals surface area contributed by atoms with E-state index in [2.05, 4.69) is 21.2 Å². The van der Waals surface area contributed by atoms with Crippen molar-refractivity contribution in [1.82, 2.24) is 9.80 Å². The molecule has 2 aliphatic rings. The molecule has 6 nitrogen and oxygen atoms in total. The predicted molar refractivity (Wildman–Crippen MR) is 104 cm³/mol. The SMILES string of the molecule is CSC1CC(=O)N(CCCCCCN2C(=O)CC(SI)C2=O)C1=O. The Morgan fingerprint density at radius 2 is 1.33 bits per heavy atom. The summed E-state index contributed by atoms with van der Waals surface area (Å²) in [6.45, 7) is 0.950. The summed E-state index contributed by atoms with van der Waals surface area (Å²) in [6, 6.07) is 0. The van der Waals surface area contributed by atoms with Gasteiger partial charge in [0.1, 0.15) is 5.25 Å². The number of unbranched alkanes of at least 4 members (excludes halogenated alkanes) is 3. The number of carbonyl (C=O) groups is 4. The molecular formula is C15H21IN2O4S2. The molecule has 2 atom stereocenters. The Bertz CT molecular complexity index is 486. The van der Waals surface area contributed by atoms with Gasteiger partial charge in [-0.1, -0.05) is 21.8 Å². The Hall–Kier alpha value is -0.290. The van der Waals surface area contributed by atoms with Crippen molar-refractivity contribution in [3.8, 4) is 0 Å². The summed E-state index contributed by atoms with van der Waals surface area (Å²) in [5, 5.41) is -0.442. The van der Waals surface area contributed by atoms with E-state index >= 15 is 0 Å². The van der Waals surface area contributed by atoms with Gasteiger partial charge in [-0.05, 0) is 40.3 Å². The lowest BCUT2D eigenvalue weighted by molar-refractivity contribution is -0.140. The highest BCUT2D eigenvalue weighted by molar-refractivity contribution is 14.2. The van der Waals surface area contributed by atoms with Crippen LogP contribution in [0.3, 0.4) is 0 Å². The van der Waals surface area contributed by atoms with Crippen LogP contribution in [0.1, 0.15) is 38.5 Å². The Balaban J connectivity index is 1.62. The predicted octanol–water partition coefficient (Wildman–Crippen LogP) is 2.25. The van der Waals surface area contributed by atoms with Gasteiger partial charge in [-0.15, -0.1) is 0 Å². The average molecular weight is 484 g/mol. The molecule has 4 amide bonds. The molecule has 2 heterocycles. The normalized spacial score (nSPS) is 24.6. The zero-order valence-electron chi connectivity index (χ0n) is 13.5. The van der Waals surface area contributed by atoms with Gasteiger partial charge in [-0.3, -0.25) is 29.0 Å². The largest absolute Gasteiger partial charge is 0.282 e. The first-order valence-electron chi connectivity index (χ1n) is 7.98. The van der Waals surface area contributed by atoms with Gasteiger partial charge in [0.25, 0.3) is 0 Å². The molecule has 2 rings (SSSR count). The molecule has 9 heteroatoms. The molecule has 0 radical (unpaired) electrons. The first-order chi connectivity index (χ1) is 11.5. The van der Waals surface area contributed by atoms with Crippen molar-refractivity contribution in [3.05, 3.63) is 0 Å². The summed E-state index contributed by atoms with van der Waals surface area (Å²) in [5.41, 5.74) is 0. The minimum Gasteiger partial charge on any atom is -0.282 e. The van der Waals surface area contributed by atoms with Gasteiger partial charge in [-0.25, -0.2) is 0 Å². The number of amides is 4. The van der Waals surface area contributed by atoms with E-state index in [4.69, 9.17) is 0 Å². The second-order valence-corrected chi connectivity index (χ2v) is 9.20. The van der Waals surface area contributed by atoms with E-state index in [0.717, 1.165) is 25.7 Å². The van der Waals surface area contributed by atoms with Crippen LogP contribution in [0.2, 0.25) is 0 Å². The van der Waals surface area contributed by atoms with E-state index in [0.29, 0.717) is 25.9 Å². The molecule has 0 saturated carbocycles. The molecule has 0 aromatic rings. The lowest BCUT2D eigenvalue weighted by Gasteiger charge is -2.15. The van der Waals surface area contributed by atoms with E-state index in [1.165, 1.54) is 30.5 Å².